The van der Waals surface area contributed by atoms with Crippen molar-refractivity contribution in [3.63, 3.8) is 0 Å². The summed E-state index contributed by atoms with van der Waals surface area (Å²) >= 11 is 5.28. The number of halogens is 1. The molecule has 0 fully saturated rings. The number of hydrogen-bond donors (Lipinski definition) is 0. The lowest BCUT2D eigenvalue weighted by Crippen LogP contribution is -1.84. The van der Waals surface area contributed by atoms with Crippen molar-refractivity contribution in [2.45, 2.75) is 29.1 Å². The number of fused-ring (bicyclic) bond motifs is 1. The quantitative estimate of drug-likeness (QED) is 0.777. The fraction of sp³-hybridized carbons (Fsp3) is 0.188. The summed E-state index contributed by atoms with van der Waals surface area (Å²) in [7, 11) is 0. The molecule has 3 heteroatoms. The van der Waals surface area contributed by atoms with Crippen LogP contribution in [0.5, 0.6) is 0 Å². The summed E-state index contributed by atoms with van der Waals surface area (Å²) < 4.78 is 0.983. The van der Waals surface area contributed by atoms with Gasteiger partial charge in [-0.05, 0) is 76.7 Å². The van der Waals surface area contributed by atoms with Crippen molar-refractivity contribution in [1.82, 2.24) is 0 Å². The van der Waals surface area contributed by atoms with Crippen LogP contribution in [0, 0.1) is 11.3 Å². The molecule has 94 valence electrons. The molecule has 19 heavy (non-hydrogen) atoms. The summed E-state index contributed by atoms with van der Waals surface area (Å²) in [5.41, 5.74) is 3.68. The van der Waals surface area contributed by atoms with Crippen molar-refractivity contribution in [2.75, 3.05) is 0 Å². The zero-order chi connectivity index (χ0) is 13.2. The molecule has 0 amide bonds. The summed E-state index contributed by atoms with van der Waals surface area (Å²) in [4.78, 5) is 2.42. The van der Waals surface area contributed by atoms with Gasteiger partial charge in [-0.2, -0.15) is 5.26 Å². The van der Waals surface area contributed by atoms with Gasteiger partial charge in [0.1, 0.15) is 0 Å². The topological polar surface area (TPSA) is 23.8 Å². The molecular weight excluding hydrogens is 318 g/mol. The number of aryl methyl sites for hydroxylation is 2. The molecule has 2 aromatic carbocycles. The van der Waals surface area contributed by atoms with E-state index in [9.17, 15) is 0 Å². The number of rotatable bonds is 2. The van der Waals surface area contributed by atoms with Crippen molar-refractivity contribution in [2.24, 2.45) is 0 Å². The van der Waals surface area contributed by atoms with Gasteiger partial charge in [0, 0.05) is 14.3 Å². The highest BCUT2D eigenvalue weighted by Crippen LogP contribution is 2.36. The van der Waals surface area contributed by atoms with Gasteiger partial charge in [0.05, 0.1) is 11.6 Å². The maximum atomic E-state index is 8.87. The van der Waals surface area contributed by atoms with E-state index >= 15 is 0 Å². The Kier molecular flexibility index (Phi) is 3.63. The third kappa shape index (κ3) is 2.70. The SMILES string of the molecule is N#Cc1ccc(Sc2ccc3c(c2)CCC3)c(Br)c1. The molecule has 1 aliphatic carbocycles. The minimum absolute atomic E-state index is 0.685. The highest BCUT2D eigenvalue weighted by Gasteiger charge is 2.12. The van der Waals surface area contributed by atoms with Gasteiger partial charge in [0.15, 0.2) is 0 Å². The second-order valence-electron chi connectivity index (χ2n) is 4.64. The predicted molar refractivity (Wildman–Crippen MR) is 81.4 cm³/mol. The fourth-order valence-corrected chi connectivity index (χ4v) is 3.90. The highest BCUT2D eigenvalue weighted by molar-refractivity contribution is 9.10. The van der Waals surface area contributed by atoms with Gasteiger partial charge in [-0.1, -0.05) is 17.8 Å². The smallest absolute Gasteiger partial charge is 0.0992 e. The lowest BCUT2D eigenvalue weighted by Gasteiger charge is -2.07. The van der Waals surface area contributed by atoms with Gasteiger partial charge >= 0.3 is 0 Å². The normalized spacial score (nSPS) is 13.1. The first-order valence-corrected chi connectivity index (χ1v) is 7.86. The molecule has 1 aliphatic rings. The van der Waals surface area contributed by atoms with Crippen molar-refractivity contribution < 1.29 is 0 Å². The van der Waals surface area contributed by atoms with Crippen LogP contribution in [0.3, 0.4) is 0 Å². The van der Waals surface area contributed by atoms with E-state index in [-0.39, 0.29) is 0 Å². The molecule has 0 unspecified atom stereocenters. The second kappa shape index (κ2) is 5.40. The molecule has 1 nitrogen and oxygen atoms in total. The van der Waals surface area contributed by atoms with E-state index in [1.165, 1.54) is 35.3 Å². The van der Waals surface area contributed by atoms with Crippen LogP contribution in [0.15, 0.2) is 50.7 Å². The van der Waals surface area contributed by atoms with Crippen LogP contribution in [0.25, 0.3) is 0 Å². The molecule has 2 aromatic rings. The van der Waals surface area contributed by atoms with Gasteiger partial charge in [0.2, 0.25) is 0 Å². The van der Waals surface area contributed by atoms with E-state index in [0.717, 1.165) is 9.37 Å². The molecule has 0 saturated heterocycles. The molecule has 0 aromatic heterocycles. The van der Waals surface area contributed by atoms with Gasteiger partial charge in [-0.25, -0.2) is 0 Å². The Hall–Kier alpha value is -1.24. The van der Waals surface area contributed by atoms with E-state index in [0.29, 0.717) is 5.56 Å². The summed E-state index contributed by atoms with van der Waals surface area (Å²) in [6.07, 6.45) is 3.71. The minimum Gasteiger partial charge on any atom is -0.192 e. The Bertz CT molecular complexity index is 673. The van der Waals surface area contributed by atoms with E-state index in [4.69, 9.17) is 5.26 Å². The lowest BCUT2D eigenvalue weighted by molar-refractivity contribution is 0.911. The number of benzene rings is 2. The molecule has 0 N–H and O–H groups in total. The van der Waals surface area contributed by atoms with E-state index in [2.05, 4.69) is 40.2 Å². The highest BCUT2D eigenvalue weighted by atomic mass is 79.9. The predicted octanol–water partition coefficient (Wildman–Crippen LogP) is 4.96. The molecule has 0 atom stereocenters. The third-order valence-electron chi connectivity index (χ3n) is 3.36. The van der Waals surface area contributed by atoms with Crippen molar-refractivity contribution >= 4 is 27.7 Å². The molecular formula is C16H12BrNS. The van der Waals surface area contributed by atoms with Gasteiger partial charge in [-0.15, -0.1) is 0 Å². The van der Waals surface area contributed by atoms with Crippen LogP contribution < -0.4 is 0 Å². The molecule has 0 radical (unpaired) electrons. The minimum atomic E-state index is 0.685. The Morgan fingerprint density at radius 3 is 2.68 bits per heavy atom. The standard InChI is InChI=1S/C16H12BrNS/c17-15-8-11(10-18)4-7-16(15)19-14-6-5-12-2-1-3-13(12)9-14/h4-9H,1-3H2. The van der Waals surface area contributed by atoms with Crippen LogP contribution >= 0.6 is 27.7 Å². The summed E-state index contributed by atoms with van der Waals surface area (Å²) in [6.45, 7) is 0. The van der Waals surface area contributed by atoms with Gasteiger partial charge in [0.25, 0.3) is 0 Å². The Morgan fingerprint density at radius 1 is 1.05 bits per heavy atom. The average molecular weight is 330 g/mol. The monoisotopic (exact) mass is 329 g/mol. The van der Waals surface area contributed by atoms with Crippen LogP contribution in [-0.2, 0) is 12.8 Å². The number of hydrogen-bond acceptors (Lipinski definition) is 2. The summed E-state index contributed by atoms with van der Waals surface area (Å²) in [5.74, 6) is 0. The Labute approximate surface area is 125 Å². The van der Waals surface area contributed by atoms with Crippen molar-refractivity contribution in [3.05, 3.63) is 57.6 Å². The maximum Gasteiger partial charge on any atom is 0.0992 e. The lowest BCUT2D eigenvalue weighted by atomic mass is 10.1. The van der Waals surface area contributed by atoms with E-state index < -0.39 is 0 Å². The van der Waals surface area contributed by atoms with Crippen LogP contribution in [0.1, 0.15) is 23.1 Å². The average Bonchev–Trinajstić information content (AvgIpc) is 2.88. The molecule has 0 aliphatic heterocycles. The second-order valence-corrected chi connectivity index (χ2v) is 6.61. The zero-order valence-corrected chi connectivity index (χ0v) is 12.7. The van der Waals surface area contributed by atoms with E-state index in [1.54, 1.807) is 11.8 Å². The zero-order valence-electron chi connectivity index (χ0n) is 10.3. The fourth-order valence-electron chi connectivity index (χ4n) is 2.39. The Morgan fingerprint density at radius 2 is 1.89 bits per heavy atom. The number of nitrogens with zero attached hydrogens (tertiary/aromatic N) is 1. The molecule has 0 saturated carbocycles. The third-order valence-corrected chi connectivity index (χ3v) is 5.34. The van der Waals surface area contributed by atoms with Crippen LogP contribution in [0.2, 0.25) is 0 Å². The van der Waals surface area contributed by atoms with Gasteiger partial charge in [-0.3, -0.25) is 0 Å². The first-order valence-electron chi connectivity index (χ1n) is 6.25. The maximum absolute atomic E-state index is 8.87. The summed E-state index contributed by atoms with van der Waals surface area (Å²) in [6, 6.07) is 14.6. The molecule has 0 spiro atoms. The summed E-state index contributed by atoms with van der Waals surface area (Å²) in [5, 5.41) is 8.87. The molecule has 0 heterocycles. The van der Waals surface area contributed by atoms with E-state index in [1.807, 2.05) is 18.2 Å². The Balaban J connectivity index is 1.87. The molecule has 0 bridgehead atoms. The first kappa shape index (κ1) is 12.8. The van der Waals surface area contributed by atoms with Crippen molar-refractivity contribution in [1.29, 1.82) is 5.26 Å². The van der Waals surface area contributed by atoms with Crippen LogP contribution in [0.4, 0.5) is 0 Å². The molecule has 3 rings (SSSR count). The van der Waals surface area contributed by atoms with Crippen molar-refractivity contribution in [3.8, 4) is 6.07 Å². The van der Waals surface area contributed by atoms with Gasteiger partial charge < -0.3 is 0 Å². The van der Waals surface area contributed by atoms with Crippen LogP contribution in [-0.4, -0.2) is 0 Å². The largest absolute Gasteiger partial charge is 0.192 e. The number of nitriles is 1. The first-order chi connectivity index (χ1) is 9.26.